The van der Waals surface area contributed by atoms with E-state index in [1.807, 2.05) is 13.8 Å². The monoisotopic (exact) mass is 368 g/mol. The Morgan fingerprint density at radius 1 is 1.20 bits per heavy atom. The summed E-state index contributed by atoms with van der Waals surface area (Å²) in [5.41, 5.74) is -1.15. The highest BCUT2D eigenvalue weighted by Crippen LogP contribution is 2.35. The molecule has 132 valence electrons. The maximum Gasteiger partial charge on any atom is 0.417 e. The first-order valence-electron chi connectivity index (χ1n) is 7.66. The lowest BCUT2D eigenvalue weighted by Gasteiger charge is -2.12. The van der Waals surface area contributed by atoms with Gasteiger partial charge in [-0.05, 0) is 18.7 Å². The standard InChI is InChI=1S/C16H15F3N4OS/c1-3-23-13-11(20-15(23)25-4-2)14(24)22-12(21-13)9-7-5-6-8-10(9)16(17,18)19/h5-8H,3-4H2,1-2H3,(H,21,22,24). The smallest absolute Gasteiger partial charge is 0.304 e. The lowest BCUT2D eigenvalue weighted by Crippen LogP contribution is -2.13. The zero-order chi connectivity index (χ0) is 18.2. The zero-order valence-electron chi connectivity index (χ0n) is 13.5. The molecule has 0 bridgehead atoms. The van der Waals surface area contributed by atoms with Crippen molar-refractivity contribution in [2.45, 2.75) is 31.7 Å². The molecule has 25 heavy (non-hydrogen) atoms. The second kappa shape index (κ2) is 6.55. The Kier molecular flexibility index (Phi) is 4.59. The maximum atomic E-state index is 13.3. The van der Waals surface area contributed by atoms with Crippen LogP contribution in [0.5, 0.6) is 0 Å². The highest BCUT2D eigenvalue weighted by Gasteiger charge is 2.34. The Morgan fingerprint density at radius 2 is 1.92 bits per heavy atom. The first-order chi connectivity index (χ1) is 11.9. The van der Waals surface area contributed by atoms with E-state index in [0.29, 0.717) is 11.7 Å². The van der Waals surface area contributed by atoms with Crippen molar-refractivity contribution in [3.05, 3.63) is 40.2 Å². The molecule has 5 nitrogen and oxygen atoms in total. The fraction of sp³-hybridized carbons (Fsp3) is 0.312. The van der Waals surface area contributed by atoms with Crippen LogP contribution in [0, 0.1) is 0 Å². The zero-order valence-corrected chi connectivity index (χ0v) is 14.3. The minimum Gasteiger partial charge on any atom is -0.304 e. The second-order valence-corrected chi connectivity index (χ2v) is 6.43. The number of aryl methyl sites for hydroxylation is 1. The van der Waals surface area contributed by atoms with E-state index in [1.54, 1.807) is 4.57 Å². The molecule has 0 spiro atoms. The van der Waals surface area contributed by atoms with Gasteiger partial charge in [0.1, 0.15) is 5.82 Å². The predicted octanol–water partition coefficient (Wildman–Crippen LogP) is 3.94. The molecule has 3 aromatic rings. The minimum absolute atomic E-state index is 0.118. The van der Waals surface area contributed by atoms with Gasteiger partial charge in [-0.15, -0.1) is 0 Å². The lowest BCUT2D eigenvalue weighted by atomic mass is 10.1. The van der Waals surface area contributed by atoms with Crippen molar-refractivity contribution in [3.63, 3.8) is 0 Å². The Labute approximate surface area is 145 Å². The van der Waals surface area contributed by atoms with Crippen LogP contribution in [-0.2, 0) is 12.7 Å². The number of thioether (sulfide) groups is 1. The average molecular weight is 368 g/mol. The number of aromatic nitrogens is 4. The summed E-state index contributed by atoms with van der Waals surface area (Å²) in [6.07, 6.45) is -4.54. The number of H-pyrrole nitrogens is 1. The molecule has 1 aromatic carbocycles. The summed E-state index contributed by atoms with van der Waals surface area (Å²) in [4.78, 5) is 23.4. The molecule has 0 saturated carbocycles. The van der Waals surface area contributed by atoms with Crippen molar-refractivity contribution in [3.8, 4) is 11.4 Å². The van der Waals surface area contributed by atoms with Crippen LogP contribution >= 0.6 is 11.8 Å². The lowest BCUT2D eigenvalue weighted by molar-refractivity contribution is -0.137. The Balaban J connectivity index is 2.28. The number of rotatable bonds is 4. The molecule has 9 heteroatoms. The van der Waals surface area contributed by atoms with Crippen LogP contribution in [0.25, 0.3) is 22.6 Å². The number of hydrogen-bond acceptors (Lipinski definition) is 4. The van der Waals surface area contributed by atoms with Gasteiger partial charge < -0.3 is 9.55 Å². The van der Waals surface area contributed by atoms with Crippen molar-refractivity contribution in [1.82, 2.24) is 19.5 Å². The molecule has 0 aliphatic rings. The molecule has 2 aromatic heterocycles. The normalized spacial score (nSPS) is 12.0. The maximum absolute atomic E-state index is 13.3. The van der Waals surface area contributed by atoms with Crippen LogP contribution in [0.3, 0.4) is 0 Å². The van der Waals surface area contributed by atoms with Crippen LogP contribution in [0.2, 0.25) is 0 Å². The van der Waals surface area contributed by atoms with Crippen LogP contribution in [0.15, 0.2) is 34.2 Å². The van der Waals surface area contributed by atoms with Crippen LogP contribution < -0.4 is 5.56 Å². The first-order valence-corrected chi connectivity index (χ1v) is 8.65. The summed E-state index contributed by atoms with van der Waals surface area (Å²) in [7, 11) is 0. The number of alkyl halides is 3. The molecule has 0 unspecified atom stereocenters. The van der Waals surface area contributed by atoms with Crippen molar-refractivity contribution < 1.29 is 13.2 Å². The number of halogens is 3. The van der Waals surface area contributed by atoms with Crippen LogP contribution in [0.4, 0.5) is 13.2 Å². The third-order valence-corrected chi connectivity index (χ3v) is 4.51. The van der Waals surface area contributed by atoms with Gasteiger partial charge >= 0.3 is 6.18 Å². The third-order valence-electron chi connectivity index (χ3n) is 3.65. The molecule has 0 aliphatic heterocycles. The minimum atomic E-state index is -4.54. The first kappa shape index (κ1) is 17.5. The molecule has 0 fully saturated rings. The molecule has 0 amide bonds. The van der Waals surface area contributed by atoms with Gasteiger partial charge in [-0.1, -0.05) is 36.9 Å². The van der Waals surface area contributed by atoms with Crippen molar-refractivity contribution in [2.75, 3.05) is 5.75 Å². The third kappa shape index (κ3) is 3.15. The molecule has 0 radical (unpaired) electrons. The average Bonchev–Trinajstić information content (AvgIpc) is 2.92. The van der Waals surface area contributed by atoms with Crippen LogP contribution in [-0.4, -0.2) is 25.3 Å². The summed E-state index contributed by atoms with van der Waals surface area (Å²) in [6, 6.07) is 5.04. The fourth-order valence-corrected chi connectivity index (χ4v) is 3.36. The van der Waals surface area contributed by atoms with Crippen molar-refractivity contribution in [1.29, 1.82) is 0 Å². The van der Waals surface area contributed by atoms with E-state index in [0.717, 1.165) is 11.8 Å². The Bertz CT molecular complexity index is 978. The summed E-state index contributed by atoms with van der Waals surface area (Å²) in [6.45, 7) is 4.33. The van der Waals surface area contributed by atoms with Crippen LogP contribution in [0.1, 0.15) is 19.4 Å². The summed E-state index contributed by atoms with van der Waals surface area (Å²) < 4.78 is 41.5. The predicted molar refractivity (Wildman–Crippen MR) is 90.7 cm³/mol. The van der Waals surface area contributed by atoms with E-state index in [-0.39, 0.29) is 22.6 Å². The molecule has 0 atom stereocenters. The van der Waals surface area contributed by atoms with Gasteiger partial charge in [-0.2, -0.15) is 13.2 Å². The quantitative estimate of drug-likeness (QED) is 0.709. The summed E-state index contributed by atoms with van der Waals surface area (Å²) in [5, 5.41) is 0.624. The Morgan fingerprint density at radius 3 is 2.56 bits per heavy atom. The molecule has 2 heterocycles. The number of nitrogens with zero attached hydrogens (tertiary/aromatic N) is 3. The van der Waals surface area contributed by atoms with Gasteiger partial charge in [0.2, 0.25) is 0 Å². The number of fused-ring (bicyclic) bond motifs is 1. The number of imidazole rings is 1. The molecule has 0 saturated heterocycles. The number of aromatic amines is 1. The Hall–Kier alpha value is -2.29. The summed E-state index contributed by atoms with van der Waals surface area (Å²) >= 11 is 1.45. The van der Waals surface area contributed by atoms with Gasteiger partial charge in [0.05, 0.1) is 5.56 Å². The molecule has 0 aliphatic carbocycles. The van der Waals surface area contributed by atoms with Gasteiger partial charge in [-0.25, -0.2) is 9.97 Å². The SMILES string of the molecule is CCSc1nc2c(=O)[nH]c(-c3ccccc3C(F)(F)F)nc2n1CC. The van der Waals surface area contributed by atoms with E-state index >= 15 is 0 Å². The van der Waals surface area contributed by atoms with Gasteiger partial charge in [-0.3, -0.25) is 4.79 Å². The number of nitrogens with one attached hydrogen (secondary N) is 1. The van der Waals surface area contributed by atoms with E-state index in [2.05, 4.69) is 15.0 Å². The van der Waals surface area contributed by atoms with E-state index in [4.69, 9.17) is 0 Å². The van der Waals surface area contributed by atoms with Crippen molar-refractivity contribution >= 4 is 22.9 Å². The topological polar surface area (TPSA) is 63.6 Å². The summed E-state index contributed by atoms with van der Waals surface area (Å²) in [5.74, 6) is 0.637. The van der Waals surface area contributed by atoms with Gasteiger partial charge in [0.25, 0.3) is 5.56 Å². The van der Waals surface area contributed by atoms with Gasteiger partial charge in [0.15, 0.2) is 16.3 Å². The fourth-order valence-electron chi connectivity index (χ4n) is 2.58. The number of benzene rings is 1. The molecule has 1 N–H and O–H groups in total. The number of hydrogen-bond donors (Lipinski definition) is 1. The second-order valence-electron chi connectivity index (χ2n) is 5.20. The van der Waals surface area contributed by atoms with E-state index in [1.165, 1.54) is 30.0 Å². The molecular formula is C16H15F3N4OS. The highest BCUT2D eigenvalue weighted by molar-refractivity contribution is 7.99. The molecular weight excluding hydrogens is 353 g/mol. The van der Waals surface area contributed by atoms with Gasteiger partial charge in [0, 0.05) is 12.1 Å². The largest absolute Gasteiger partial charge is 0.417 e. The van der Waals surface area contributed by atoms with E-state index < -0.39 is 17.3 Å². The van der Waals surface area contributed by atoms with E-state index in [9.17, 15) is 18.0 Å². The van der Waals surface area contributed by atoms with Crippen molar-refractivity contribution in [2.24, 2.45) is 0 Å². The highest BCUT2D eigenvalue weighted by atomic mass is 32.2. The molecule has 3 rings (SSSR count).